The SMILES string of the molecule is CNc1nccc(OCC(F)(F)C(F)(F)F)n1. The lowest BCUT2D eigenvalue weighted by Gasteiger charge is -2.19. The summed E-state index contributed by atoms with van der Waals surface area (Å²) in [4.78, 5) is 7.17. The fraction of sp³-hybridized carbons (Fsp3) is 0.500. The van der Waals surface area contributed by atoms with E-state index in [1.54, 1.807) is 0 Å². The second-order valence-corrected chi connectivity index (χ2v) is 2.96. The number of anilines is 1. The molecule has 0 atom stereocenters. The second kappa shape index (κ2) is 4.68. The summed E-state index contributed by atoms with van der Waals surface area (Å²) in [5, 5.41) is 2.48. The lowest BCUT2D eigenvalue weighted by atomic mass is 10.3. The summed E-state index contributed by atoms with van der Waals surface area (Å²) in [6, 6.07) is 1.08. The van der Waals surface area contributed by atoms with Crippen molar-refractivity contribution in [3.8, 4) is 5.88 Å². The Morgan fingerprint density at radius 3 is 2.47 bits per heavy atom. The minimum Gasteiger partial charge on any atom is -0.471 e. The van der Waals surface area contributed by atoms with Crippen molar-refractivity contribution in [2.75, 3.05) is 19.0 Å². The predicted molar refractivity (Wildman–Crippen MR) is 48.1 cm³/mol. The number of aromatic nitrogens is 2. The normalized spacial score (nSPS) is 12.4. The zero-order valence-corrected chi connectivity index (χ0v) is 8.55. The first-order valence-corrected chi connectivity index (χ1v) is 4.34. The molecule has 0 radical (unpaired) electrons. The van der Waals surface area contributed by atoms with Gasteiger partial charge in [0.25, 0.3) is 0 Å². The van der Waals surface area contributed by atoms with Crippen molar-refractivity contribution >= 4 is 5.95 Å². The number of nitrogens with one attached hydrogen (secondary N) is 1. The van der Waals surface area contributed by atoms with E-state index in [-0.39, 0.29) is 11.8 Å². The van der Waals surface area contributed by atoms with Gasteiger partial charge in [0.1, 0.15) is 0 Å². The Morgan fingerprint density at radius 2 is 1.94 bits per heavy atom. The van der Waals surface area contributed by atoms with E-state index in [1.165, 1.54) is 13.2 Å². The summed E-state index contributed by atoms with van der Waals surface area (Å²) in [6.07, 6.45) is -4.48. The molecule has 1 aromatic rings. The molecule has 0 saturated carbocycles. The van der Waals surface area contributed by atoms with Gasteiger partial charge in [-0.05, 0) is 0 Å². The molecule has 1 aromatic heterocycles. The molecular weight excluding hydrogens is 249 g/mol. The number of ether oxygens (including phenoxy) is 1. The van der Waals surface area contributed by atoms with Gasteiger partial charge in [-0.2, -0.15) is 26.9 Å². The second-order valence-electron chi connectivity index (χ2n) is 2.96. The standard InChI is InChI=1S/C8H8F5N3O/c1-14-6-15-3-2-5(16-6)17-4-7(9,10)8(11,12)13/h2-3H,4H2,1H3,(H,14,15,16). The molecule has 1 N–H and O–H groups in total. The van der Waals surface area contributed by atoms with Crippen molar-refractivity contribution in [1.82, 2.24) is 9.97 Å². The van der Waals surface area contributed by atoms with E-state index in [4.69, 9.17) is 0 Å². The van der Waals surface area contributed by atoms with Gasteiger partial charge in [0.15, 0.2) is 6.61 Å². The van der Waals surface area contributed by atoms with Gasteiger partial charge in [-0.25, -0.2) is 4.98 Å². The fourth-order valence-corrected chi connectivity index (χ4v) is 0.789. The van der Waals surface area contributed by atoms with E-state index in [0.717, 1.165) is 6.07 Å². The van der Waals surface area contributed by atoms with Gasteiger partial charge in [0.2, 0.25) is 11.8 Å². The molecule has 0 saturated heterocycles. The summed E-state index contributed by atoms with van der Waals surface area (Å²) >= 11 is 0. The molecule has 17 heavy (non-hydrogen) atoms. The highest BCUT2D eigenvalue weighted by molar-refractivity contribution is 5.26. The molecule has 0 aliphatic rings. The molecule has 1 rings (SSSR count). The molecule has 0 spiro atoms. The highest BCUT2D eigenvalue weighted by atomic mass is 19.4. The summed E-state index contributed by atoms with van der Waals surface area (Å²) in [6.45, 7) is -1.82. The van der Waals surface area contributed by atoms with Crippen LogP contribution in [0, 0.1) is 0 Å². The van der Waals surface area contributed by atoms with Gasteiger partial charge in [-0.15, -0.1) is 0 Å². The summed E-state index contributed by atoms with van der Waals surface area (Å²) in [5.41, 5.74) is 0. The molecule has 0 aliphatic heterocycles. The van der Waals surface area contributed by atoms with E-state index in [2.05, 4.69) is 20.0 Å². The number of alkyl halides is 5. The van der Waals surface area contributed by atoms with Crippen LogP contribution in [0.4, 0.5) is 27.9 Å². The third kappa shape index (κ3) is 3.40. The van der Waals surface area contributed by atoms with E-state index in [0.29, 0.717) is 0 Å². The van der Waals surface area contributed by atoms with Crippen LogP contribution in [0.3, 0.4) is 0 Å². The zero-order chi connectivity index (χ0) is 13.1. The average Bonchev–Trinajstić information content (AvgIpc) is 2.25. The van der Waals surface area contributed by atoms with E-state index >= 15 is 0 Å². The number of hydrogen-bond donors (Lipinski definition) is 1. The molecule has 4 nitrogen and oxygen atoms in total. The molecule has 0 aliphatic carbocycles. The average molecular weight is 257 g/mol. The van der Waals surface area contributed by atoms with Crippen LogP contribution in [0.25, 0.3) is 0 Å². The highest BCUT2D eigenvalue weighted by Gasteiger charge is 2.58. The van der Waals surface area contributed by atoms with Crippen molar-refractivity contribution in [1.29, 1.82) is 0 Å². The Hall–Kier alpha value is -1.67. The van der Waals surface area contributed by atoms with Crippen LogP contribution >= 0.6 is 0 Å². The van der Waals surface area contributed by atoms with Crippen LogP contribution in [0.5, 0.6) is 5.88 Å². The van der Waals surface area contributed by atoms with Crippen molar-refractivity contribution < 1.29 is 26.7 Å². The van der Waals surface area contributed by atoms with E-state index in [9.17, 15) is 22.0 Å². The van der Waals surface area contributed by atoms with Crippen molar-refractivity contribution in [3.63, 3.8) is 0 Å². The highest BCUT2D eigenvalue weighted by Crippen LogP contribution is 2.35. The predicted octanol–water partition coefficient (Wildman–Crippen LogP) is 2.09. The van der Waals surface area contributed by atoms with E-state index in [1.807, 2.05) is 0 Å². The Kier molecular flexibility index (Phi) is 3.69. The molecular formula is C8H8F5N3O. The van der Waals surface area contributed by atoms with E-state index < -0.39 is 18.7 Å². The van der Waals surface area contributed by atoms with Crippen LogP contribution in [0.1, 0.15) is 0 Å². The lowest BCUT2D eigenvalue weighted by Crippen LogP contribution is -2.41. The van der Waals surface area contributed by atoms with Crippen LogP contribution in [0.2, 0.25) is 0 Å². The van der Waals surface area contributed by atoms with Crippen LogP contribution in [0.15, 0.2) is 12.3 Å². The smallest absolute Gasteiger partial charge is 0.456 e. The quantitative estimate of drug-likeness (QED) is 0.839. The third-order valence-electron chi connectivity index (χ3n) is 1.67. The summed E-state index contributed by atoms with van der Waals surface area (Å²) in [7, 11) is 1.46. The number of hydrogen-bond acceptors (Lipinski definition) is 4. The number of rotatable bonds is 4. The minimum atomic E-state index is -5.65. The van der Waals surface area contributed by atoms with Gasteiger partial charge in [-0.3, -0.25) is 0 Å². The molecule has 0 fully saturated rings. The van der Waals surface area contributed by atoms with Crippen LogP contribution in [-0.2, 0) is 0 Å². The van der Waals surface area contributed by atoms with Gasteiger partial charge in [0.05, 0.1) is 0 Å². The molecule has 1 heterocycles. The molecule has 0 aromatic carbocycles. The van der Waals surface area contributed by atoms with Gasteiger partial charge in [-0.1, -0.05) is 0 Å². The number of halogens is 5. The first kappa shape index (κ1) is 13.4. The van der Waals surface area contributed by atoms with Gasteiger partial charge < -0.3 is 10.1 Å². The molecule has 0 amide bonds. The first-order chi connectivity index (χ1) is 7.76. The molecule has 0 bridgehead atoms. The Bertz CT molecular complexity index is 382. The van der Waals surface area contributed by atoms with Crippen LogP contribution in [-0.4, -0.2) is 35.7 Å². The number of nitrogens with zero attached hydrogens (tertiary/aromatic N) is 2. The summed E-state index contributed by atoms with van der Waals surface area (Å²) < 4.78 is 64.7. The van der Waals surface area contributed by atoms with Crippen molar-refractivity contribution in [3.05, 3.63) is 12.3 Å². The van der Waals surface area contributed by atoms with Crippen LogP contribution < -0.4 is 10.1 Å². The summed E-state index contributed by atoms with van der Waals surface area (Å²) in [5.74, 6) is -5.23. The van der Waals surface area contributed by atoms with Crippen molar-refractivity contribution in [2.45, 2.75) is 12.1 Å². The Morgan fingerprint density at radius 1 is 1.29 bits per heavy atom. The maximum Gasteiger partial charge on any atom is 0.456 e. The monoisotopic (exact) mass is 257 g/mol. The minimum absolute atomic E-state index is 0.0535. The zero-order valence-electron chi connectivity index (χ0n) is 8.55. The maximum absolute atomic E-state index is 12.5. The van der Waals surface area contributed by atoms with Gasteiger partial charge in [0, 0.05) is 19.3 Å². The molecule has 96 valence electrons. The van der Waals surface area contributed by atoms with Gasteiger partial charge >= 0.3 is 12.1 Å². The molecule has 0 unspecified atom stereocenters. The fourth-order valence-electron chi connectivity index (χ4n) is 0.789. The first-order valence-electron chi connectivity index (χ1n) is 4.34. The Labute approximate surface area is 92.8 Å². The van der Waals surface area contributed by atoms with Crippen molar-refractivity contribution in [2.24, 2.45) is 0 Å². The largest absolute Gasteiger partial charge is 0.471 e. The Balaban J connectivity index is 2.67. The maximum atomic E-state index is 12.5. The lowest BCUT2D eigenvalue weighted by molar-refractivity contribution is -0.290. The molecule has 9 heteroatoms. The third-order valence-corrected chi connectivity index (χ3v) is 1.67. The topological polar surface area (TPSA) is 47.0 Å².